The highest BCUT2D eigenvalue weighted by molar-refractivity contribution is 7.53. The van der Waals surface area contributed by atoms with Crippen LogP contribution in [-0.4, -0.2) is 51.3 Å². The van der Waals surface area contributed by atoms with Gasteiger partial charge in [0.15, 0.2) is 5.65 Å². The molecule has 1 saturated carbocycles. The summed E-state index contributed by atoms with van der Waals surface area (Å²) in [5, 5.41) is 0. The fourth-order valence-electron chi connectivity index (χ4n) is 2.71. The molecule has 1 atom stereocenters. The molecule has 0 radical (unpaired) electrons. The van der Waals surface area contributed by atoms with Crippen LogP contribution in [0.5, 0.6) is 0 Å². The first-order valence-corrected chi connectivity index (χ1v) is 11.0. The van der Waals surface area contributed by atoms with Crippen LogP contribution in [0.15, 0.2) is 12.5 Å². The minimum Gasteiger partial charge on any atom is -0.438 e. The summed E-state index contributed by atoms with van der Waals surface area (Å²) in [5.74, 6) is -0.0977. The van der Waals surface area contributed by atoms with Crippen molar-refractivity contribution in [2.45, 2.75) is 45.3 Å². The molecule has 0 aromatic carbocycles. The van der Waals surface area contributed by atoms with Crippen LogP contribution in [0.1, 0.15) is 33.1 Å². The van der Waals surface area contributed by atoms with Gasteiger partial charge in [-0.1, -0.05) is 13.8 Å². The van der Waals surface area contributed by atoms with Gasteiger partial charge >= 0.3 is 13.6 Å². The lowest BCUT2D eigenvalue weighted by Crippen LogP contribution is -2.23. The molecule has 1 unspecified atom stereocenters. The number of rotatable bonds is 11. The van der Waals surface area contributed by atoms with E-state index in [4.69, 9.17) is 24.3 Å². The van der Waals surface area contributed by atoms with Crippen molar-refractivity contribution in [2.24, 2.45) is 5.92 Å². The Kier molecular flexibility index (Phi) is 6.52. The summed E-state index contributed by atoms with van der Waals surface area (Å²) in [7, 11) is -2.30. The van der Waals surface area contributed by atoms with Crippen molar-refractivity contribution in [2.75, 3.05) is 26.0 Å². The van der Waals surface area contributed by atoms with Crippen LogP contribution in [0.25, 0.3) is 11.2 Å². The van der Waals surface area contributed by atoms with E-state index in [0.29, 0.717) is 17.7 Å². The number of anilines is 1. The molecule has 1 aliphatic carbocycles. The molecule has 0 spiro atoms. The van der Waals surface area contributed by atoms with Crippen molar-refractivity contribution >= 4 is 30.7 Å². The van der Waals surface area contributed by atoms with E-state index >= 15 is 0 Å². The van der Waals surface area contributed by atoms with Crippen LogP contribution in [0.3, 0.4) is 0 Å². The highest BCUT2D eigenvalue weighted by Crippen LogP contribution is 2.51. The quantitative estimate of drug-likeness (QED) is 0.323. The summed E-state index contributed by atoms with van der Waals surface area (Å²) < 4.78 is 35.5. The monoisotopic (exact) mass is 427 g/mol. The molecule has 3 rings (SSSR count). The van der Waals surface area contributed by atoms with Crippen LogP contribution >= 0.6 is 7.60 Å². The number of esters is 1. The van der Waals surface area contributed by atoms with Crippen molar-refractivity contribution in [3.8, 4) is 0 Å². The highest BCUT2D eigenvalue weighted by Gasteiger charge is 2.46. The van der Waals surface area contributed by atoms with E-state index in [9.17, 15) is 9.36 Å². The number of carbonyl (C=O) groups is 1. The standard InChI is InChI=1S/C17H26N5O6P/c1-12(2)6-14(23)26-10-28-29(24,25-3)11-27-17(4-5-17)8-22-9-20-13-7-19-16(18)21-15(13)22/h7,9,12H,4-6,8,10-11H2,1-3H3,(H2,18,19,21). The van der Waals surface area contributed by atoms with Gasteiger partial charge in [-0.15, -0.1) is 0 Å². The molecule has 12 heteroatoms. The number of hydrogen-bond acceptors (Lipinski definition) is 10. The highest BCUT2D eigenvalue weighted by atomic mass is 31.2. The van der Waals surface area contributed by atoms with Gasteiger partial charge in [0.1, 0.15) is 11.9 Å². The first kappa shape index (κ1) is 21.6. The molecule has 0 amide bonds. The number of ether oxygens (including phenoxy) is 2. The number of aromatic nitrogens is 4. The molecule has 0 bridgehead atoms. The number of nitrogen functional groups attached to an aromatic ring is 1. The third kappa shape index (κ3) is 5.72. The zero-order valence-electron chi connectivity index (χ0n) is 16.7. The molecule has 2 heterocycles. The Morgan fingerprint density at radius 2 is 2.14 bits per heavy atom. The molecule has 0 saturated heterocycles. The summed E-state index contributed by atoms with van der Waals surface area (Å²) in [6.07, 6.45) is 4.76. The lowest BCUT2D eigenvalue weighted by Gasteiger charge is -2.21. The minimum absolute atomic E-state index is 0.161. The molecule has 2 N–H and O–H groups in total. The van der Waals surface area contributed by atoms with Gasteiger partial charge in [0, 0.05) is 13.5 Å². The van der Waals surface area contributed by atoms with Gasteiger partial charge in [-0.2, -0.15) is 4.98 Å². The van der Waals surface area contributed by atoms with Gasteiger partial charge in [0.2, 0.25) is 12.7 Å². The zero-order valence-corrected chi connectivity index (χ0v) is 17.6. The van der Waals surface area contributed by atoms with Crippen molar-refractivity contribution in [3.63, 3.8) is 0 Å². The van der Waals surface area contributed by atoms with Crippen LogP contribution in [0.2, 0.25) is 0 Å². The van der Waals surface area contributed by atoms with E-state index < -0.39 is 26.0 Å². The van der Waals surface area contributed by atoms with Crippen LogP contribution in [0.4, 0.5) is 5.95 Å². The van der Waals surface area contributed by atoms with Gasteiger partial charge in [0.05, 0.1) is 24.7 Å². The fourth-order valence-corrected chi connectivity index (χ4v) is 3.64. The van der Waals surface area contributed by atoms with Crippen molar-refractivity contribution in [3.05, 3.63) is 12.5 Å². The number of imidazole rings is 1. The Bertz CT molecular complexity index is 913. The Morgan fingerprint density at radius 1 is 1.38 bits per heavy atom. The molecule has 0 aliphatic heterocycles. The Labute approximate surface area is 168 Å². The van der Waals surface area contributed by atoms with E-state index in [2.05, 4.69) is 15.0 Å². The summed E-state index contributed by atoms with van der Waals surface area (Å²) >= 11 is 0. The molecular formula is C17H26N5O6P. The smallest absolute Gasteiger partial charge is 0.358 e. The van der Waals surface area contributed by atoms with Gasteiger partial charge in [-0.05, 0) is 18.8 Å². The average Bonchev–Trinajstić information content (AvgIpc) is 3.33. The normalized spacial score (nSPS) is 17.4. The zero-order chi connectivity index (χ0) is 21.1. The predicted molar refractivity (Wildman–Crippen MR) is 104 cm³/mol. The Morgan fingerprint density at radius 3 is 2.79 bits per heavy atom. The molecule has 2 aromatic rings. The molecule has 1 fully saturated rings. The Balaban J connectivity index is 1.55. The molecule has 160 valence electrons. The van der Waals surface area contributed by atoms with Crippen LogP contribution < -0.4 is 5.73 Å². The maximum absolute atomic E-state index is 12.7. The van der Waals surface area contributed by atoms with Gasteiger partial charge < -0.3 is 24.3 Å². The van der Waals surface area contributed by atoms with E-state index in [-0.39, 0.29) is 24.6 Å². The van der Waals surface area contributed by atoms with Gasteiger partial charge in [-0.3, -0.25) is 13.9 Å². The number of fused-ring (bicyclic) bond motifs is 1. The minimum atomic E-state index is -3.56. The number of carbonyl (C=O) groups excluding carboxylic acids is 1. The largest absolute Gasteiger partial charge is 0.438 e. The summed E-state index contributed by atoms with van der Waals surface area (Å²) in [5.41, 5.74) is 6.38. The molecule has 11 nitrogen and oxygen atoms in total. The summed E-state index contributed by atoms with van der Waals surface area (Å²) in [6.45, 7) is 3.81. The van der Waals surface area contributed by atoms with Crippen molar-refractivity contribution in [1.29, 1.82) is 0 Å². The number of nitrogens with two attached hydrogens (primary N) is 1. The van der Waals surface area contributed by atoms with E-state index in [0.717, 1.165) is 12.8 Å². The maximum Gasteiger partial charge on any atom is 0.358 e. The van der Waals surface area contributed by atoms with Gasteiger partial charge in [-0.25, -0.2) is 9.97 Å². The van der Waals surface area contributed by atoms with E-state index in [1.807, 2.05) is 18.4 Å². The van der Waals surface area contributed by atoms with Crippen LogP contribution in [0, 0.1) is 5.92 Å². The second-order valence-electron chi connectivity index (χ2n) is 7.42. The SMILES string of the molecule is COP(=O)(COC1(Cn2cnc3cnc(N)nc32)CC1)OCOC(=O)CC(C)C. The van der Waals surface area contributed by atoms with Crippen molar-refractivity contribution in [1.82, 2.24) is 19.5 Å². The lowest BCUT2D eigenvalue weighted by atomic mass is 10.1. The second-order valence-corrected chi connectivity index (χ2v) is 9.52. The second kappa shape index (κ2) is 8.74. The van der Waals surface area contributed by atoms with E-state index in [1.54, 1.807) is 12.5 Å². The average molecular weight is 427 g/mol. The van der Waals surface area contributed by atoms with Gasteiger partial charge in [0.25, 0.3) is 0 Å². The lowest BCUT2D eigenvalue weighted by molar-refractivity contribution is -0.151. The fraction of sp³-hybridized carbons (Fsp3) is 0.647. The third-order valence-corrected chi connectivity index (χ3v) is 5.99. The topological polar surface area (TPSA) is 141 Å². The first-order valence-electron chi connectivity index (χ1n) is 9.26. The van der Waals surface area contributed by atoms with E-state index in [1.165, 1.54) is 7.11 Å². The maximum atomic E-state index is 12.7. The molecule has 1 aliphatic rings. The Hall–Kier alpha value is -2.07. The molecule has 2 aromatic heterocycles. The third-order valence-electron chi connectivity index (χ3n) is 4.49. The molecule has 29 heavy (non-hydrogen) atoms. The number of hydrogen-bond donors (Lipinski definition) is 1. The number of nitrogens with zero attached hydrogens (tertiary/aromatic N) is 4. The predicted octanol–water partition coefficient (Wildman–Crippen LogP) is 2.32. The first-order chi connectivity index (χ1) is 13.7. The summed E-state index contributed by atoms with van der Waals surface area (Å²) in [6, 6.07) is 0. The van der Waals surface area contributed by atoms with Crippen molar-refractivity contribution < 1.29 is 27.9 Å². The van der Waals surface area contributed by atoms with Crippen LogP contribution in [-0.2, 0) is 34.4 Å². The molecular weight excluding hydrogens is 401 g/mol. The summed E-state index contributed by atoms with van der Waals surface area (Å²) in [4.78, 5) is 24.0.